The number of nitrogens with two attached hydrogens (primary N) is 1. The predicted octanol–water partition coefficient (Wildman–Crippen LogP) is 1.19. The van der Waals surface area contributed by atoms with E-state index in [1.165, 1.54) is 12.6 Å². The van der Waals surface area contributed by atoms with Gasteiger partial charge in [-0.3, -0.25) is 9.80 Å². The van der Waals surface area contributed by atoms with E-state index < -0.39 is 0 Å². The molecular formula is C10H14N2O. The van der Waals surface area contributed by atoms with Crippen molar-refractivity contribution in [3.05, 3.63) is 35.4 Å². The molecule has 1 amide bonds. The molecule has 0 aromatic heterocycles. The van der Waals surface area contributed by atoms with Crippen LogP contribution in [0, 0.1) is 0 Å². The van der Waals surface area contributed by atoms with Gasteiger partial charge in [0.25, 0.3) is 5.91 Å². The van der Waals surface area contributed by atoms with E-state index in [0.29, 0.717) is 5.56 Å². The maximum absolute atomic E-state index is 11.3. The van der Waals surface area contributed by atoms with Crippen LogP contribution in [-0.4, -0.2) is 18.0 Å². The molecule has 3 heteroatoms. The fraction of sp³-hybridized carbons (Fsp3) is 0.300. The van der Waals surface area contributed by atoms with Crippen LogP contribution >= 0.6 is 0 Å². The molecule has 0 saturated carbocycles. The van der Waals surface area contributed by atoms with Crippen molar-refractivity contribution in [1.82, 2.24) is 5.01 Å². The first-order chi connectivity index (χ1) is 6.15. The van der Waals surface area contributed by atoms with E-state index in [0.717, 1.165) is 11.4 Å². The van der Waals surface area contributed by atoms with Gasteiger partial charge in [-0.2, -0.15) is 0 Å². The first-order valence-corrected chi connectivity index (χ1v) is 4.27. The molecule has 2 N–H and O–H groups in total. The average molecular weight is 178 g/mol. The highest BCUT2D eigenvalue weighted by atomic mass is 16.2. The SMILES string of the molecule is CCc1ccc(C(=O)N(C)N)cc1. The highest BCUT2D eigenvalue weighted by Crippen LogP contribution is 2.05. The molecule has 0 heterocycles. The van der Waals surface area contributed by atoms with Gasteiger partial charge in [0.1, 0.15) is 0 Å². The number of hydrogen-bond acceptors (Lipinski definition) is 2. The fourth-order valence-electron chi connectivity index (χ4n) is 1.09. The zero-order chi connectivity index (χ0) is 9.84. The minimum absolute atomic E-state index is 0.164. The van der Waals surface area contributed by atoms with Gasteiger partial charge in [0.15, 0.2) is 0 Å². The van der Waals surface area contributed by atoms with E-state index in [4.69, 9.17) is 5.84 Å². The summed E-state index contributed by atoms with van der Waals surface area (Å²) in [5, 5.41) is 1.08. The topological polar surface area (TPSA) is 46.3 Å². The lowest BCUT2D eigenvalue weighted by atomic mass is 10.1. The van der Waals surface area contributed by atoms with Crippen molar-refractivity contribution in [2.75, 3.05) is 7.05 Å². The molecule has 0 spiro atoms. The van der Waals surface area contributed by atoms with Gasteiger partial charge >= 0.3 is 0 Å². The molecule has 1 rings (SSSR count). The monoisotopic (exact) mass is 178 g/mol. The Labute approximate surface area is 78.1 Å². The lowest BCUT2D eigenvalue weighted by molar-refractivity contribution is 0.0795. The van der Waals surface area contributed by atoms with E-state index in [1.54, 1.807) is 12.1 Å². The molecule has 0 bridgehead atoms. The summed E-state index contributed by atoms with van der Waals surface area (Å²) in [7, 11) is 1.54. The number of carbonyl (C=O) groups excluding carboxylic acids is 1. The second kappa shape index (κ2) is 4.05. The van der Waals surface area contributed by atoms with E-state index in [1.807, 2.05) is 12.1 Å². The van der Waals surface area contributed by atoms with Crippen molar-refractivity contribution in [3.63, 3.8) is 0 Å². The van der Waals surface area contributed by atoms with Crippen LogP contribution in [0.25, 0.3) is 0 Å². The Bertz CT molecular complexity index is 290. The van der Waals surface area contributed by atoms with Crippen LogP contribution in [0.4, 0.5) is 0 Å². The summed E-state index contributed by atoms with van der Waals surface area (Å²) in [6.07, 6.45) is 0.979. The summed E-state index contributed by atoms with van der Waals surface area (Å²) >= 11 is 0. The van der Waals surface area contributed by atoms with E-state index >= 15 is 0 Å². The van der Waals surface area contributed by atoms with Crippen LogP contribution in [-0.2, 0) is 6.42 Å². The lowest BCUT2D eigenvalue weighted by Gasteiger charge is -2.09. The molecule has 3 nitrogen and oxygen atoms in total. The summed E-state index contributed by atoms with van der Waals surface area (Å²) in [6.45, 7) is 2.08. The van der Waals surface area contributed by atoms with E-state index in [-0.39, 0.29) is 5.91 Å². The number of benzene rings is 1. The number of nitrogens with zero attached hydrogens (tertiary/aromatic N) is 1. The quantitative estimate of drug-likeness (QED) is 0.420. The number of carbonyl (C=O) groups is 1. The Balaban J connectivity index is 2.86. The molecular weight excluding hydrogens is 164 g/mol. The second-order valence-corrected chi connectivity index (χ2v) is 2.97. The van der Waals surface area contributed by atoms with Gasteiger partial charge in [-0.25, -0.2) is 5.84 Å². The minimum atomic E-state index is -0.164. The zero-order valence-electron chi connectivity index (χ0n) is 7.95. The molecule has 13 heavy (non-hydrogen) atoms. The first kappa shape index (κ1) is 9.74. The molecule has 0 radical (unpaired) electrons. The molecule has 0 aliphatic rings. The molecule has 0 aliphatic heterocycles. The zero-order valence-corrected chi connectivity index (χ0v) is 7.95. The summed E-state index contributed by atoms with van der Waals surface area (Å²) in [6, 6.07) is 7.47. The number of aryl methyl sites for hydroxylation is 1. The molecule has 0 aliphatic carbocycles. The average Bonchev–Trinajstić information content (AvgIpc) is 2.17. The van der Waals surface area contributed by atoms with Crippen LogP contribution in [0.3, 0.4) is 0 Å². The first-order valence-electron chi connectivity index (χ1n) is 4.27. The smallest absolute Gasteiger partial charge is 0.267 e. The maximum atomic E-state index is 11.3. The fourth-order valence-corrected chi connectivity index (χ4v) is 1.09. The van der Waals surface area contributed by atoms with Crippen LogP contribution in [0.1, 0.15) is 22.8 Å². The Morgan fingerprint density at radius 3 is 2.31 bits per heavy atom. The maximum Gasteiger partial charge on any atom is 0.267 e. The number of hydrazine groups is 1. The van der Waals surface area contributed by atoms with Crippen molar-refractivity contribution in [2.24, 2.45) is 5.84 Å². The minimum Gasteiger partial charge on any atom is -0.280 e. The van der Waals surface area contributed by atoms with Crippen LogP contribution < -0.4 is 5.84 Å². The Morgan fingerprint density at radius 2 is 1.92 bits per heavy atom. The van der Waals surface area contributed by atoms with Gasteiger partial charge in [-0.1, -0.05) is 19.1 Å². The van der Waals surface area contributed by atoms with Crippen LogP contribution in [0.2, 0.25) is 0 Å². The van der Waals surface area contributed by atoms with Gasteiger partial charge in [0, 0.05) is 12.6 Å². The standard InChI is InChI=1S/C10H14N2O/c1-3-8-4-6-9(7-5-8)10(13)12(2)11/h4-7H,3,11H2,1-2H3. The Morgan fingerprint density at radius 1 is 1.38 bits per heavy atom. The normalized spacial score (nSPS) is 9.77. The molecule has 0 unspecified atom stereocenters. The largest absolute Gasteiger partial charge is 0.280 e. The number of amides is 1. The van der Waals surface area contributed by atoms with Gasteiger partial charge < -0.3 is 0 Å². The van der Waals surface area contributed by atoms with Crippen LogP contribution in [0.5, 0.6) is 0 Å². The molecule has 70 valence electrons. The van der Waals surface area contributed by atoms with Gasteiger partial charge in [-0.15, -0.1) is 0 Å². The number of hydrogen-bond donors (Lipinski definition) is 1. The summed E-state index contributed by atoms with van der Waals surface area (Å²) in [5.41, 5.74) is 1.85. The van der Waals surface area contributed by atoms with Crippen LogP contribution in [0.15, 0.2) is 24.3 Å². The molecule has 1 aromatic rings. The lowest BCUT2D eigenvalue weighted by Crippen LogP contribution is -2.32. The van der Waals surface area contributed by atoms with Crippen molar-refractivity contribution in [1.29, 1.82) is 0 Å². The molecule has 0 fully saturated rings. The molecule has 1 aromatic carbocycles. The third-order valence-corrected chi connectivity index (χ3v) is 1.93. The highest BCUT2D eigenvalue weighted by Gasteiger charge is 2.06. The summed E-state index contributed by atoms with van der Waals surface area (Å²) in [4.78, 5) is 11.3. The van der Waals surface area contributed by atoms with Gasteiger partial charge in [0.05, 0.1) is 0 Å². The highest BCUT2D eigenvalue weighted by molar-refractivity contribution is 5.93. The third kappa shape index (κ3) is 2.29. The van der Waals surface area contributed by atoms with E-state index in [9.17, 15) is 4.79 Å². The Hall–Kier alpha value is -1.35. The third-order valence-electron chi connectivity index (χ3n) is 1.93. The number of rotatable bonds is 2. The summed E-state index contributed by atoms with van der Waals surface area (Å²) in [5.74, 6) is 5.16. The van der Waals surface area contributed by atoms with E-state index in [2.05, 4.69) is 6.92 Å². The predicted molar refractivity (Wildman–Crippen MR) is 52.1 cm³/mol. The van der Waals surface area contributed by atoms with Gasteiger partial charge in [-0.05, 0) is 24.1 Å². The molecule has 0 saturated heterocycles. The summed E-state index contributed by atoms with van der Waals surface area (Å²) < 4.78 is 0. The van der Waals surface area contributed by atoms with Gasteiger partial charge in [0.2, 0.25) is 0 Å². The van der Waals surface area contributed by atoms with Crippen molar-refractivity contribution < 1.29 is 4.79 Å². The Kier molecular flexibility index (Phi) is 3.03. The van der Waals surface area contributed by atoms with Crippen molar-refractivity contribution >= 4 is 5.91 Å². The molecule has 0 atom stereocenters. The van der Waals surface area contributed by atoms with Crippen molar-refractivity contribution in [2.45, 2.75) is 13.3 Å². The van der Waals surface area contributed by atoms with Crippen molar-refractivity contribution in [3.8, 4) is 0 Å². The second-order valence-electron chi connectivity index (χ2n) is 2.97.